The standard InChI is InChI=1S/C16H30N2O/c1-3-16(2)9-13(7-8-19-16)18-10-12-5-4-6-15(17)14(12)11-18/h12-15H,3-11,17H2,1-2H3. The highest BCUT2D eigenvalue weighted by atomic mass is 16.5. The number of hydrogen-bond donors (Lipinski definition) is 1. The lowest BCUT2D eigenvalue weighted by Crippen LogP contribution is -2.46. The molecule has 3 nitrogen and oxygen atoms in total. The van der Waals surface area contributed by atoms with Crippen LogP contribution in [0.5, 0.6) is 0 Å². The molecule has 0 aromatic heterocycles. The molecule has 0 amide bonds. The third-order valence-corrected chi connectivity index (χ3v) is 6.02. The maximum Gasteiger partial charge on any atom is 0.0666 e. The summed E-state index contributed by atoms with van der Waals surface area (Å²) in [4.78, 5) is 2.75. The molecule has 2 N–H and O–H groups in total. The molecule has 0 aromatic rings. The van der Waals surface area contributed by atoms with Gasteiger partial charge in [-0.3, -0.25) is 4.90 Å². The number of rotatable bonds is 2. The first-order valence-corrected chi connectivity index (χ1v) is 8.25. The summed E-state index contributed by atoms with van der Waals surface area (Å²) < 4.78 is 5.99. The molecule has 3 rings (SSSR count). The summed E-state index contributed by atoms with van der Waals surface area (Å²) in [5, 5.41) is 0. The molecular formula is C16H30N2O. The minimum absolute atomic E-state index is 0.110. The van der Waals surface area contributed by atoms with Crippen LogP contribution in [0.15, 0.2) is 0 Å². The van der Waals surface area contributed by atoms with E-state index in [0.717, 1.165) is 30.9 Å². The fraction of sp³-hybridized carbons (Fsp3) is 1.00. The van der Waals surface area contributed by atoms with Gasteiger partial charge in [0.2, 0.25) is 0 Å². The average Bonchev–Trinajstić information content (AvgIpc) is 2.84. The van der Waals surface area contributed by atoms with Crippen LogP contribution in [-0.2, 0) is 4.74 Å². The summed E-state index contributed by atoms with van der Waals surface area (Å²) in [5.41, 5.74) is 6.45. The molecule has 2 saturated heterocycles. The van der Waals surface area contributed by atoms with Gasteiger partial charge in [0.1, 0.15) is 0 Å². The van der Waals surface area contributed by atoms with Crippen molar-refractivity contribution in [3.8, 4) is 0 Å². The highest BCUT2D eigenvalue weighted by Gasteiger charge is 2.43. The summed E-state index contributed by atoms with van der Waals surface area (Å²) in [7, 11) is 0. The topological polar surface area (TPSA) is 38.5 Å². The molecule has 0 bridgehead atoms. The second-order valence-corrected chi connectivity index (χ2v) is 7.27. The molecule has 3 aliphatic rings. The summed E-state index contributed by atoms with van der Waals surface area (Å²) in [5.74, 6) is 1.64. The molecule has 0 aromatic carbocycles. The van der Waals surface area contributed by atoms with Gasteiger partial charge in [0.15, 0.2) is 0 Å². The Bertz CT molecular complexity index is 322. The first-order valence-electron chi connectivity index (χ1n) is 8.25. The van der Waals surface area contributed by atoms with E-state index in [1.54, 1.807) is 0 Å². The molecule has 3 heteroatoms. The Morgan fingerprint density at radius 2 is 2.11 bits per heavy atom. The van der Waals surface area contributed by atoms with Crippen molar-refractivity contribution in [1.29, 1.82) is 0 Å². The summed E-state index contributed by atoms with van der Waals surface area (Å²) >= 11 is 0. The predicted molar refractivity (Wildman–Crippen MR) is 78.0 cm³/mol. The lowest BCUT2D eigenvalue weighted by molar-refractivity contribution is -0.0945. The zero-order valence-corrected chi connectivity index (χ0v) is 12.6. The number of fused-ring (bicyclic) bond motifs is 1. The molecule has 1 saturated carbocycles. The maximum atomic E-state index is 6.34. The van der Waals surface area contributed by atoms with Gasteiger partial charge >= 0.3 is 0 Å². The fourth-order valence-corrected chi connectivity index (χ4v) is 4.51. The first kappa shape index (κ1) is 13.8. The molecule has 0 radical (unpaired) electrons. The molecular weight excluding hydrogens is 236 g/mol. The van der Waals surface area contributed by atoms with Crippen LogP contribution in [0.2, 0.25) is 0 Å². The second kappa shape index (κ2) is 5.34. The van der Waals surface area contributed by atoms with Crippen LogP contribution < -0.4 is 5.73 Å². The number of likely N-dealkylation sites (tertiary alicyclic amines) is 1. The van der Waals surface area contributed by atoms with Gasteiger partial charge in [0.05, 0.1) is 5.60 Å². The molecule has 19 heavy (non-hydrogen) atoms. The van der Waals surface area contributed by atoms with E-state index in [9.17, 15) is 0 Å². The highest BCUT2D eigenvalue weighted by molar-refractivity contribution is 4.97. The van der Waals surface area contributed by atoms with Crippen molar-refractivity contribution in [2.75, 3.05) is 19.7 Å². The minimum atomic E-state index is 0.110. The van der Waals surface area contributed by atoms with E-state index in [2.05, 4.69) is 18.7 Å². The van der Waals surface area contributed by atoms with Crippen LogP contribution in [0.4, 0.5) is 0 Å². The Morgan fingerprint density at radius 3 is 2.84 bits per heavy atom. The maximum absolute atomic E-state index is 6.34. The SMILES string of the molecule is CCC1(C)CC(N2CC3CCCC(N)C3C2)CCO1. The van der Waals surface area contributed by atoms with E-state index in [1.807, 2.05) is 0 Å². The Labute approximate surface area is 117 Å². The fourth-order valence-electron chi connectivity index (χ4n) is 4.51. The van der Waals surface area contributed by atoms with E-state index in [1.165, 1.54) is 45.2 Å². The highest BCUT2D eigenvalue weighted by Crippen LogP contribution is 2.39. The van der Waals surface area contributed by atoms with Crippen LogP contribution in [0.3, 0.4) is 0 Å². The van der Waals surface area contributed by atoms with Crippen LogP contribution in [-0.4, -0.2) is 42.3 Å². The molecule has 3 fully saturated rings. The van der Waals surface area contributed by atoms with Crippen LogP contribution in [0.25, 0.3) is 0 Å². The van der Waals surface area contributed by atoms with Crippen molar-refractivity contribution in [2.45, 2.75) is 70.1 Å². The van der Waals surface area contributed by atoms with Crippen molar-refractivity contribution in [3.63, 3.8) is 0 Å². The third-order valence-electron chi connectivity index (χ3n) is 6.02. The van der Waals surface area contributed by atoms with Crippen LogP contribution in [0, 0.1) is 11.8 Å². The Kier molecular flexibility index (Phi) is 3.89. The van der Waals surface area contributed by atoms with Crippen LogP contribution >= 0.6 is 0 Å². The Morgan fingerprint density at radius 1 is 1.26 bits per heavy atom. The molecule has 5 unspecified atom stereocenters. The second-order valence-electron chi connectivity index (χ2n) is 7.27. The van der Waals surface area contributed by atoms with Crippen LogP contribution in [0.1, 0.15) is 52.4 Å². The van der Waals surface area contributed by atoms with E-state index < -0.39 is 0 Å². The zero-order valence-electron chi connectivity index (χ0n) is 12.6. The first-order chi connectivity index (χ1) is 9.11. The smallest absolute Gasteiger partial charge is 0.0666 e. The van der Waals surface area contributed by atoms with Crippen molar-refractivity contribution in [1.82, 2.24) is 4.90 Å². The van der Waals surface area contributed by atoms with E-state index in [-0.39, 0.29) is 5.60 Å². The van der Waals surface area contributed by atoms with Gasteiger partial charge in [-0.1, -0.05) is 13.3 Å². The number of nitrogens with zero attached hydrogens (tertiary/aromatic N) is 1. The van der Waals surface area contributed by atoms with Gasteiger partial charge in [-0.15, -0.1) is 0 Å². The minimum Gasteiger partial charge on any atom is -0.375 e. The number of hydrogen-bond acceptors (Lipinski definition) is 3. The van der Waals surface area contributed by atoms with Crippen molar-refractivity contribution in [2.24, 2.45) is 17.6 Å². The average molecular weight is 266 g/mol. The number of ether oxygens (including phenoxy) is 1. The normalized spacial score (nSPS) is 48.2. The largest absolute Gasteiger partial charge is 0.375 e. The van der Waals surface area contributed by atoms with Gasteiger partial charge in [-0.25, -0.2) is 0 Å². The molecule has 110 valence electrons. The Hall–Kier alpha value is -0.120. The third kappa shape index (κ3) is 2.70. The summed E-state index contributed by atoms with van der Waals surface area (Å²) in [6.45, 7) is 8.02. The van der Waals surface area contributed by atoms with E-state index >= 15 is 0 Å². The van der Waals surface area contributed by atoms with E-state index in [4.69, 9.17) is 10.5 Å². The predicted octanol–water partition coefficient (Wildman–Crippen LogP) is 2.39. The van der Waals surface area contributed by atoms with Crippen molar-refractivity contribution in [3.05, 3.63) is 0 Å². The van der Waals surface area contributed by atoms with Gasteiger partial charge in [-0.05, 0) is 50.9 Å². The molecule has 5 atom stereocenters. The molecule has 2 heterocycles. The summed E-state index contributed by atoms with van der Waals surface area (Å²) in [6, 6.07) is 1.19. The lowest BCUT2D eigenvalue weighted by atomic mass is 9.78. The summed E-state index contributed by atoms with van der Waals surface area (Å²) in [6.07, 6.45) is 7.54. The molecule has 0 spiro atoms. The number of nitrogens with two attached hydrogens (primary N) is 1. The Balaban J connectivity index is 1.64. The quantitative estimate of drug-likeness (QED) is 0.834. The van der Waals surface area contributed by atoms with Crippen molar-refractivity contribution >= 4 is 0 Å². The lowest BCUT2D eigenvalue weighted by Gasteiger charge is -2.41. The zero-order chi connectivity index (χ0) is 13.5. The molecule has 1 aliphatic carbocycles. The molecule has 2 aliphatic heterocycles. The van der Waals surface area contributed by atoms with E-state index in [0.29, 0.717) is 6.04 Å². The van der Waals surface area contributed by atoms with Crippen molar-refractivity contribution < 1.29 is 4.74 Å². The van der Waals surface area contributed by atoms with Gasteiger partial charge in [-0.2, -0.15) is 0 Å². The van der Waals surface area contributed by atoms with Gasteiger partial charge < -0.3 is 10.5 Å². The van der Waals surface area contributed by atoms with Gasteiger partial charge in [0, 0.05) is 31.8 Å². The monoisotopic (exact) mass is 266 g/mol. The van der Waals surface area contributed by atoms with Gasteiger partial charge in [0.25, 0.3) is 0 Å².